The minimum Gasteiger partial charge on any atom is -0.326 e. The maximum Gasteiger partial charge on any atom is 0.0178 e. The van der Waals surface area contributed by atoms with E-state index in [4.69, 9.17) is 5.73 Å². The average molecular weight is 243 g/mol. The molecule has 0 aliphatic heterocycles. The van der Waals surface area contributed by atoms with Gasteiger partial charge in [-0.3, -0.25) is 0 Å². The Kier molecular flexibility index (Phi) is 4.24. The van der Waals surface area contributed by atoms with Crippen LogP contribution in [0.15, 0.2) is 53.4 Å². The number of hydrogen-bond acceptors (Lipinski definition) is 2. The molecule has 0 atom stereocenters. The molecular formula is C15H17NS. The van der Waals surface area contributed by atoms with Crippen molar-refractivity contribution in [2.45, 2.75) is 17.9 Å². The number of hydrogen-bond donors (Lipinski definition) is 1. The first kappa shape index (κ1) is 12.2. The average Bonchev–Trinajstić information content (AvgIpc) is 2.40. The Morgan fingerprint density at radius 1 is 0.941 bits per heavy atom. The minimum atomic E-state index is 0.610. The van der Waals surface area contributed by atoms with Gasteiger partial charge >= 0.3 is 0 Å². The van der Waals surface area contributed by atoms with Crippen molar-refractivity contribution >= 4 is 11.8 Å². The fourth-order valence-electron chi connectivity index (χ4n) is 1.85. The molecule has 0 unspecified atom stereocenters. The molecule has 0 spiro atoms. The molecule has 0 saturated carbocycles. The first-order chi connectivity index (χ1) is 8.31. The van der Waals surface area contributed by atoms with Gasteiger partial charge in [0.2, 0.25) is 0 Å². The van der Waals surface area contributed by atoms with Crippen molar-refractivity contribution in [2.75, 3.05) is 6.26 Å². The highest BCUT2D eigenvalue weighted by atomic mass is 32.2. The normalized spacial score (nSPS) is 10.5. The molecule has 2 heteroatoms. The van der Waals surface area contributed by atoms with Crippen molar-refractivity contribution in [3.05, 3.63) is 65.2 Å². The molecule has 0 aliphatic carbocycles. The third kappa shape index (κ3) is 3.35. The van der Waals surface area contributed by atoms with Gasteiger partial charge in [0.1, 0.15) is 0 Å². The van der Waals surface area contributed by atoms with Gasteiger partial charge in [0.25, 0.3) is 0 Å². The van der Waals surface area contributed by atoms with Gasteiger partial charge in [0, 0.05) is 11.4 Å². The molecule has 0 fully saturated rings. The predicted octanol–water partition coefficient (Wildman–Crippen LogP) is 3.46. The van der Waals surface area contributed by atoms with Crippen molar-refractivity contribution in [3.63, 3.8) is 0 Å². The van der Waals surface area contributed by atoms with E-state index in [9.17, 15) is 0 Å². The van der Waals surface area contributed by atoms with E-state index >= 15 is 0 Å². The Hall–Kier alpha value is -1.25. The van der Waals surface area contributed by atoms with Crippen LogP contribution in [0, 0.1) is 0 Å². The Labute approximate surface area is 107 Å². The van der Waals surface area contributed by atoms with Crippen LogP contribution in [0.3, 0.4) is 0 Å². The molecular weight excluding hydrogens is 226 g/mol. The summed E-state index contributed by atoms with van der Waals surface area (Å²) < 4.78 is 0. The van der Waals surface area contributed by atoms with Crippen LogP contribution < -0.4 is 5.73 Å². The second-order valence-electron chi connectivity index (χ2n) is 4.05. The van der Waals surface area contributed by atoms with Crippen molar-refractivity contribution in [1.82, 2.24) is 0 Å². The summed E-state index contributed by atoms with van der Waals surface area (Å²) in [6.07, 6.45) is 3.07. The highest BCUT2D eigenvalue weighted by Gasteiger charge is 1.98. The van der Waals surface area contributed by atoms with Gasteiger partial charge in [-0.1, -0.05) is 36.4 Å². The first-order valence-corrected chi connectivity index (χ1v) is 6.95. The maximum absolute atomic E-state index is 5.65. The first-order valence-electron chi connectivity index (χ1n) is 5.72. The Morgan fingerprint density at radius 2 is 1.65 bits per heavy atom. The van der Waals surface area contributed by atoms with Crippen molar-refractivity contribution < 1.29 is 0 Å². The lowest BCUT2D eigenvalue weighted by Gasteiger charge is -2.05. The standard InChI is InChI=1S/C15H17NS/c1-17-15-7-5-12(6-8-15)9-13-3-2-4-14(10-13)11-16/h2-8,10H,9,11,16H2,1H3. The number of nitrogens with two attached hydrogens (primary N) is 1. The minimum absolute atomic E-state index is 0.610. The fraction of sp³-hybridized carbons (Fsp3) is 0.200. The van der Waals surface area contributed by atoms with E-state index in [1.165, 1.54) is 21.6 Å². The SMILES string of the molecule is CSc1ccc(Cc2cccc(CN)c2)cc1. The zero-order valence-electron chi connectivity index (χ0n) is 10.0. The molecule has 0 radical (unpaired) electrons. The van der Waals surface area contributed by atoms with Gasteiger partial charge < -0.3 is 5.73 Å². The molecule has 0 bridgehead atoms. The summed E-state index contributed by atoms with van der Waals surface area (Å²) in [5.74, 6) is 0. The van der Waals surface area contributed by atoms with E-state index in [0.29, 0.717) is 6.54 Å². The molecule has 0 amide bonds. The Bertz CT molecular complexity index is 477. The Balaban J connectivity index is 2.13. The third-order valence-electron chi connectivity index (χ3n) is 2.79. The topological polar surface area (TPSA) is 26.0 Å². The van der Waals surface area contributed by atoms with Gasteiger partial charge in [0.05, 0.1) is 0 Å². The van der Waals surface area contributed by atoms with E-state index in [0.717, 1.165) is 6.42 Å². The molecule has 2 N–H and O–H groups in total. The molecule has 17 heavy (non-hydrogen) atoms. The van der Waals surface area contributed by atoms with Gasteiger partial charge in [-0.05, 0) is 41.5 Å². The lowest BCUT2D eigenvalue weighted by Crippen LogP contribution is -1.97. The number of rotatable bonds is 4. The molecule has 0 aromatic heterocycles. The summed E-state index contributed by atoms with van der Waals surface area (Å²) in [4.78, 5) is 1.31. The molecule has 0 saturated heterocycles. The predicted molar refractivity (Wildman–Crippen MR) is 75.4 cm³/mol. The molecule has 2 aromatic carbocycles. The summed E-state index contributed by atoms with van der Waals surface area (Å²) in [6, 6.07) is 17.2. The fourth-order valence-corrected chi connectivity index (χ4v) is 2.25. The van der Waals surface area contributed by atoms with E-state index in [1.807, 2.05) is 0 Å². The quantitative estimate of drug-likeness (QED) is 0.832. The summed E-state index contributed by atoms with van der Waals surface area (Å²) >= 11 is 1.77. The molecule has 1 nitrogen and oxygen atoms in total. The van der Waals surface area contributed by atoms with Gasteiger partial charge in [0.15, 0.2) is 0 Å². The van der Waals surface area contributed by atoms with E-state index in [1.54, 1.807) is 11.8 Å². The second kappa shape index (κ2) is 5.89. The van der Waals surface area contributed by atoms with E-state index < -0.39 is 0 Å². The molecule has 0 heterocycles. The summed E-state index contributed by atoms with van der Waals surface area (Å²) in [5, 5.41) is 0. The van der Waals surface area contributed by atoms with Gasteiger partial charge in [-0.2, -0.15) is 0 Å². The van der Waals surface area contributed by atoms with E-state index in [2.05, 4.69) is 54.8 Å². The van der Waals surface area contributed by atoms with Gasteiger partial charge in [-0.15, -0.1) is 11.8 Å². The van der Waals surface area contributed by atoms with Crippen molar-refractivity contribution in [3.8, 4) is 0 Å². The lowest BCUT2D eigenvalue weighted by atomic mass is 10.0. The van der Waals surface area contributed by atoms with Crippen LogP contribution in [0.1, 0.15) is 16.7 Å². The smallest absolute Gasteiger partial charge is 0.0178 e. The molecule has 2 aromatic rings. The van der Waals surface area contributed by atoms with Crippen molar-refractivity contribution in [2.24, 2.45) is 5.73 Å². The summed E-state index contributed by atoms with van der Waals surface area (Å²) in [6.45, 7) is 0.610. The summed E-state index contributed by atoms with van der Waals surface area (Å²) in [7, 11) is 0. The summed E-state index contributed by atoms with van der Waals surface area (Å²) in [5.41, 5.74) is 9.51. The van der Waals surface area contributed by atoms with Crippen LogP contribution in [0.5, 0.6) is 0 Å². The van der Waals surface area contributed by atoms with Crippen LogP contribution in [0.25, 0.3) is 0 Å². The van der Waals surface area contributed by atoms with Crippen LogP contribution in [-0.2, 0) is 13.0 Å². The van der Waals surface area contributed by atoms with E-state index in [-0.39, 0.29) is 0 Å². The molecule has 0 aliphatic rings. The molecule has 2 rings (SSSR count). The van der Waals surface area contributed by atoms with Crippen LogP contribution in [0.2, 0.25) is 0 Å². The van der Waals surface area contributed by atoms with Crippen LogP contribution >= 0.6 is 11.8 Å². The second-order valence-corrected chi connectivity index (χ2v) is 4.93. The zero-order valence-corrected chi connectivity index (χ0v) is 10.8. The largest absolute Gasteiger partial charge is 0.326 e. The van der Waals surface area contributed by atoms with Gasteiger partial charge in [-0.25, -0.2) is 0 Å². The highest BCUT2D eigenvalue weighted by Crippen LogP contribution is 2.17. The highest BCUT2D eigenvalue weighted by molar-refractivity contribution is 7.98. The third-order valence-corrected chi connectivity index (χ3v) is 3.54. The lowest BCUT2D eigenvalue weighted by molar-refractivity contribution is 1.05. The molecule has 88 valence electrons. The van der Waals surface area contributed by atoms with Crippen molar-refractivity contribution in [1.29, 1.82) is 0 Å². The zero-order chi connectivity index (χ0) is 12.1. The number of benzene rings is 2. The van der Waals surface area contributed by atoms with Crippen LogP contribution in [0.4, 0.5) is 0 Å². The monoisotopic (exact) mass is 243 g/mol. The van der Waals surface area contributed by atoms with Crippen LogP contribution in [-0.4, -0.2) is 6.26 Å². The number of thioether (sulfide) groups is 1. The Morgan fingerprint density at radius 3 is 2.29 bits per heavy atom. The maximum atomic E-state index is 5.65.